The summed E-state index contributed by atoms with van der Waals surface area (Å²) >= 11 is 0. The molecule has 1 heterocycles. The van der Waals surface area contributed by atoms with Crippen LogP contribution in [0.4, 0.5) is 4.79 Å². The minimum Gasteiger partial charge on any atom is -0.442 e. The summed E-state index contributed by atoms with van der Waals surface area (Å²) in [6, 6.07) is 10.1. The molecule has 0 spiro atoms. The fraction of sp³-hybridized carbons (Fsp3) is 0.412. The maximum absolute atomic E-state index is 12.0. The third-order valence-electron chi connectivity index (χ3n) is 3.06. The second-order valence-corrected chi connectivity index (χ2v) is 6.09. The molecule has 0 aliphatic rings. The summed E-state index contributed by atoms with van der Waals surface area (Å²) in [6.07, 6.45) is 3.29. The smallest absolute Gasteiger partial charge is 0.437 e. The largest absolute Gasteiger partial charge is 0.442 e. The number of nitrogens with zero attached hydrogens (tertiary/aromatic N) is 3. The van der Waals surface area contributed by atoms with Crippen molar-refractivity contribution in [3.8, 4) is 0 Å². The highest BCUT2D eigenvalue weighted by Gasteiger charge is 2.16. The average Bonchev–Trinajstić information content (AvgIpc) is 2.80. The number of rotatable bonds is 3. The van der Waals surface area contributed by atoms with Gasteiger partial charge in [-0.25, -0.2) is 4.79 Å². The number of carbonyl (C=O) groups is 1. The van der Waals surface area contributed by atoms with Gasteiger partial charge in [0.2, 0.25) is 5.62 Å². The van der Waals surface area contributed by atoms with Gasteiger partial charge in [-0.05, 0) is 33.3 Å². The molecule has 0 aliphatic heterocycles. The van der Waals surface area contributed by atoms with E-state index >= 15 is 0 Å². The predicted molar refractivity (Wildman–Crippen MR) is 85.4 cm³/mol. The number of aryl methyl sites for hydroxylation is 1. The van der Waals surface area contributed by atoms with Crippen LogP contribution >= 0.6 is 0 Å². The van der Waals surface area contributed by atoms with Gasteiger partial charge in [0.05, 0.1) is 6.54 Å². The Balaban J connectivity index is 2.33. The lowest BCUT2D eigenvalue weighted by Crippen LogP contribution is -2.29. The molecule has 0 aliphatic carbocycles. The molecule has 0 fully saturated rings. The van der Waals surface area contributed by atoms with E-state index in [2.05, 4.69) is 4.99 Å². The second-order valence-electron chi connectivity index (χ2n) is 6.09. The van der Waals surface area contributed by atoms with Crippen molar-refractivity contribution in [3.63, 3.8) is 0 Å². The molecule has 0 bridgehead atoms. The molecule has 2 aromatic rings. The number of benzene rings is 1. The van der Waals surface area contributed by atoms with E-state index in [9.17, 15) is 4.79 Å². The normalized spacial score (nSPS) is 12.5. The van der Waals surface area contributed by atoms with Crippen molar-refractivity contribution in [2.75, 3.05) is 0 Å². The summed E-state index contributed by atoms with van der Waals surface area (Å²) < 4.78 is 9.15. The molecule has 0 radical (unpaired) electrons. The van der Waals surface area contributed by atoms with Crippen LogP contribution in [-0.2, 0) is 17.8 Å². The topological polar surface area (TPSA) is 48.5 Å². The van der Waals surface area contributed by atoms with Crippen molar-refractivity contribution in [3.05, 3.63) is 53.9 Å². The van der Waals surface area contributed by atoms with Crippen molar-refractivity contribution in [1.82, 2.24) is 9.13 Å². The summed E-state index contributed by atoms with van der Waals surface area (Å²) in [5.41, 5.74) is 1.21. The van der Waals surface area contributed by atoms with Gasteiger partial charge in [0.1, 0.15) is 5.60 Å². The number of carbonyl (C=O) groups excluding carboxylic acids is 1. The van der Waals surface area contributed by atoms with Crippen molar-refractivity contribution >= 4 is 6.09 Å². The van der Waals surface area contributed by atoms with Gasteiger partial charge in [0.25, 0.3) is 0 Å². The van der Waals surface area contributed by atoms with Gasteiger partial charge < -0.3 is 13.9 Å². The molecule has 5 heteroatoms. The van der Waals surface area contributed by atoms with Gasteiger partial charge in [-0.3, -0.25) is 0 Å². The summed E-state index contributed by atoms with van der Waals surface area (Å²) in [6.45, 7) is 8.91. The summed E-state index contributed by atoms with van der Waals surface area (Å²) in [7, 11) is 0. The molecule has 0 N–H and O–H groups in total. The van der Waals surface area contributed by atoms with E-state index in [1.54, 1.807) is 0 Å². The zero-order chi connectivity index (χ0) is 16.2. The molecule has 0 saturated heterocycles. The number of imidazole rings is 1. The molecule has 1 amide bonds. The lowest BCUT2D eigenvalue weighted by molar-refractivity contribution is 0.0593. The number of ether oxygens (including phenoxy) is 1. The maximum Gasteiger partial charge on any atom is 0.437 e. The van der Waals surface area contributed by atoms with Gasteiger partial charge >= 0.3 is 6.09 Å². The van der Waals surface area contributed by atoms with Gasteiger partial charge in [0, 0.05) is 18.9 Å². The van der Waals surface area contributed by atoms with Gasteiger partial charge in [-0.2, -0.15) is 0 Å². The fourth-order valence-corrected chi connectivity index (χ4v) is 2.10. The molecule has 22 heavy (non-hydrogen) atoms. The molecular weight excluding hydrogens is 278 g/mol. The quantitative estimate of drug-likeness (QED) is 0.874. The number of amides is 1. The summed E-state index contributed by atoms with van der Waals surface area (Å²) in [5.74, 6) is 0. The van der Waals surface area contributed by atoms with E-state index in [-0.39, 0.29) is 0 Å². The standard InChI is InChI=1S/C17H23N3O2/c1-5-19-11-12-20(13-14-9-7-6-8-10-14)15(19)18-16(21)22-17(2,3)4/h6-12H,5,13H2,1-4H3/b18-15-. The van der Waals surface area contributed by atoms with Crippen molar-refractivity contribution in [2.45, 2.75) is 46.4 Å². The highest BCUT2D eigenvalue weighted by molar-refractivity contribution is 5.68. The van der Waals surface area contributed by atoms with Crippen molar-refractivity contribution < 1.29 is 9.53 Å². The van der Waals surface area contributed by atoms with Crippen molar-refractivity contribution in [1.29, 1.82) is 0 Å². The van der Waals surface area contributed by atoms with Crippen LogP contribution in [0.15, 0.2) is 47.7 Å². The third-order valence-corrected chi connectivity index (χ3v) is 3.06. The number of aromatic nitrogens is 2. The molecular formula is C17H23N3O2. The highest BCUT2D eigenvalue weighted by atomic mass is 16.6. The zero-order valence-electron chi connectivity index (χ0n) is 13.6. The van der Waals surface area contributed by atoms with E-state index in [0.29, 0.717) is 12.2 Å². The lowest BCUT2D eigenvalue weighted by Gasteiger charge is -2.17. The number of hydrogen-bond donors (Lipinski definition) is 0. The Labute approximate surface area is 130 Å². The Morgan fingerprint density at radius 1 is 1.14 bits per heavy atom. The Morgan fingerprint density at radius 2 is 1.77 bits per heavy atom. The highest BCUT2D eigenvalue weighted by Crippen LogP contribution is 2.07. The van der Waals surface area contributed by atoms with Crippen molar-refractivity contribution in [2.24, 2.45) is 4.99 Å². The van der Waals surface area contributed by atoms with E-state index < -0.39 is 11.7 Å². The molecule has 5 nitrogen and oxygen atoms in total. The molecule has 1 aromatic heterocycles. The first kappa shape index (κ1) is 16.1. The van der Waals surface area contributed by atoms with Crippen LogP contribution in [0.25, 0.3) is 0 Å². The summed E-state index contributed by atoms with van der Waals surface area (Å²) in [4.78, 5) is 16.1. The molecule has 118 valence electrons. The van der Waals surface area contributed by atoms with Crippen LogP contribution in [0.5, 0.6) is 0 Å². The monoisotopic (exact) mass is 301 g/mol. The average molecular weight is 301 g/mol. The molecule has 1 aromatic carbocycles. The number of hydrogen-bond acceptors (Lipinski definition) is 2. The van der Waals surface area contributed by atoms with E-state index in [0.717, 1.165) is 12.1 Å². The van der Waals surface area contributed by atoms with E-state index in [1.807, 2.05) is 79.6 Å². The molecule has 0 saturated carbocycles. The Morgan fingerprint density at radius 3 is 2.36 bits per heavy atom. The minimum atomic E-state index is -0.567. The van der Waals surface area contributed by atoms with Crippen LogP contribution in [0.1, 0.15) is 33.3 Å². The van der Waals surface area contributed by atoms with E-state index in [4.69, 9.17) is 4.74 Å². The van der Waals surface area contributed by atoms with Crippen LogP contribution in [0.3, 0.4) is 0 Å². The Bertz CT molecular complexity index is 691. The predicted octanol–water partition coefficient (Wildman–Crippen LogP) is 3.19. The van der Waals surface area contributed by atoms with Gasteiger partial charge in [-0.15, -0.1) is 4.99 Å². The Hall–Kier alpha value is -2.30. The van der Waals surface area contributed by atoms with E-state index in [1.165, 1.54) is 0 Å². The minimum absolute atomic E-state index is 0.547. The van der Waals surface area contributed by atoms with Crippen LogP contribution in [0.2, 0.25) is 0 Å². The zero-order valence-corrected chi connectivity index (χ0v) is 13.6. The maximum atomic E-state index is 12.0. The first-order chi connectivity index (χ1) is 10.4. The SMILES string of the molecule is CCn1ccn(Cc2ccccc2)/c1=N\C(=O)OC(C)(C)C. The molecule has 0 unspecified atom stereocenters. The van der Waals surface area contributed by atoms with Gasteiger partial charge in [0.15, 0.2) is 0 Å². The second kappa shape index (κ2) is 6.64. The molecule has 0 atom stereocenters. The molecule has 2 rings (SSSR count). The van der Waals surface area contributed by atoms with Crippen LogP contribution in [0, 0.1) is 0 Å². The Kier molecular flexibility index (Phi) is 4.85. The lowest BCUT2D eigenvalue weighted by atomic mass is 10.2. The third kappa shape index (κ3) is 4.35. The van der Waals surface area contributed by atoms with Crippen LogP contribution in [-0.4, -0.2) is 20.8 Å². The van der Waals surface area contributed by atoms with Gasteiger partial charge in [-0.1, -0.05) is 30.3 Å². The summed E-state index contributed by atoms with van der Waals surface area (Å²) in [5, 5.41) is 0. The van der Waals surface area contributed by atoms with Crippen LogP contribution < -0.4 is 5.62 Å². The first-order valence-electron chi connectivity index (χ1n) is 7.46. The first-order valence-corrected chi connectivity index (χ1v) is 7.46. The fourth-order valence-electron chi connectivity index (χ4n) is 2.10.